The summed E-state index contributed by atoms with van der Waals surface area (Å²) < 4.78 is 47.8. The highest BCUT2D eigenvalue weighted by Crippen LogP contribution is 2.27. The number of halogens is 1. The van der Waals surface area contributed by atoms with Gasteiger partial charge in [0.2, 0.25) is 11.8 Å². The molecule has 0 spiro atoms. The van der Waals surface area contributed by atoms with Crippen molar-refractivity contribution in [1.82, 2.24) is 10.2 Å². The van der Waals surface area contributed by atoms with Crippen LogP contribution >= 0.6 is 0 Å². The number of hydrogen-bond donors (Lipinski definition) is 1. The Balaban J connectivity index is 2.06. The molecule has 0 saturated heterocycles. The molecule has 0 aliphatic rings. The van der Waals surface area contributed by atoms with Crippen LogP contribution in [0.15, 0.2) is 77.7 Å². The number of carbonyl (C=O) groups is 2. The van der Waals surface area contributed by atoms with Gasteiger partial charge in [-0.15, -0.1) is 0 Å². The highest BCUT2D eigenvalue weighted by molar-refractivity contribution is 7.92. The fraction of sp³-hybridized carbons (Fsp3) is 0.355. The maximum Gasteiger partial charge on any atom is 0.264 e. The van der Waals surface area contributed by atoms with Gasteiger partial charge in [0.15, 0.2) is 0 Å². The summed E-state index contributed by atoms with van der Waals surface area (Å²) in [5, 5.41) is 2.87. The molecule has 0 bridgehead atoms. The van der Waals surface area contributed by atoms with E-state index in [1.54, 1.807) is 31.2 Å². The van der Waals surface area contributed by atoms with Gasteiger partial charge in [0, 0.05) is 12.6 Å². The van der Waals surface area contributed by atoms with Gasteiger partial charge in [0.25, 0.3) is 10.0 Å². The van der Waals surface area contributed by atoms with Gasteiger partial charge in [-0.2, -0.15) is 0 Å². The molecule has 8 nitrogen and oxygen atoms in total. The Morgan fingerprint density at radius 3 is 2.07 bits per heavy atom. The Hall–Kier alpha value is -3.92. The molecule has 1 atom stereocenters. The zero-order chi connectivity index (χ0) is 30.2. The number of aryl methyl sites for hydroxylation is 1. The van der Waals surface area contributed by atoms with Crippen LogP contribution in [0.2, 0.25) is 0 Å². The molecule has 3 aromatic rings. The van der Waals surface area contributed by atoms with Crippen molar-refractivity contribution in [3.63, 3.8) is 0 Å². The highest BCUT2D eigenvalue weighted by Gasteiger charge is 2.34. The van der Waals surface area contributed by atoms with Gasteiger partial charge in [-0.05, 0) is 88.2 Å². The number of ether oxygens (including phenoxy) is 1. The fourth-order valence-corrected chi connectivity index (χ4v) is 5.74. The molecule has 0 radical (unpaired) electrons. The molecule has 0 aromatic heterocycles. The molecule has 2 amide bonds. The van der Waals surface area contributed by atoms with E-state index in [0.717, 1.165) is 39.7 Å². The van der Waals surface area contributed by atoms with Crippen LogP contribution in [0.25, 0.3) is 0 Å². The number of rotatable bonds is 13. The van der Waals surface area contributed by atoms with Gasteiger partial charge in [-0.3, -0.25) is 13.9 Å². The summed E-state index contributed by atoms with van der Waals surface area (Å²) in [6.07, 6.45) is 0.323. The topological polar surface area (TPSA) is 96.0 Å². The molecule has 3 aromatic carbocycles. The van der Waals surface area contributed by atoms with Crippen LogP contribution in [0, 0.1) is 12.7 Å². The molecule has 41 heavy (non-hydrogen) atoms. The highest BCUT2D eigenvalue weighted by atomic mass is 32.2. The van der Waals surface area contributed by atoms with Gasteiger partial charge < -0.3 is 15.0 Å². The third-order valence-electron chi connectivity index (χ3n) is 6.41. The summed E-state index contributed by atoms with van der Waals surface area (Å²) in [7, 11) is -4.30. The van der Waals surface area contributed by atoms with Gasteiger partial charge in [0.05, 0.1) is 17.2 Å². The van der Waals surface area contributed by atoms with E-state index < -0.39 is 34.3 Å². The van der Waals surface area contributed by atoms with E-state index in [0.29, 0.717) is 18.8 Å². The molecule has 3 rings (SSSR count). The fourth-order valence-electron chi connectivity index (χ4n) is 4.33. The number of carbonyl (C=O) groups excluding carboxylic acids is 2. The molecule has 0 saturated carbocycles. The Morgan fingerprint density at radius 2 is 1.54 bits per heavy atom. The first-order valence-corrected chi connectivity index (χ1v) is 15.1. The molecule has 10 heteroatoms. The SMILES string of the molecule is CCOc1ccc(N(CC(=O)N(Cc2ccc(C)cc2)[C@H](CC)C(=O)NC(C)C)S(=O)(=O)c2ccc(F)cc2)cc1. The van der Waals surface area contributed by atoms with Crippen molar-refractivity contribution < 1.29 is 27.1 Å². The van der Waals surface area contributed by atoms with E-state index >= 15 is 0 Å². The number of nitrogens with one attached hydrogen (secondary N) is 1. The first kappa shape index (κ1) is 31.6. The minimum Gasteiger partial charge on any atom is -0.494 e. The second-order valence-corrected chi connectivity index (χ2v) is 11.8. The predicted molar refractivity (Wildman–Crippen MR) is 158 cm³/mol. The van der Waals surface area contributed by atoms with Gasteiger partial charge in [-0.1, -0.05) is 36.8 Å². The second-order valence-electron chi connectivity index (χ2n) is 9.99. The van der Waals surface area contributed by atoms with Crippen molar-refractivity contribution in [2.75, 3.05) is 17.5 Å². The van der Waals surface area contributed by atoms with E-state index in [9.17, 15) is 22.4 Å². The Kier molecular flexibility index (Phi) is 10.9. The Morgan fingerprint density at radius 1 is 0.927 bits per heavy atom. The van der Waals surface area contributed by atoms with E-state index in [2.05, 4.69) is 5.32 Å². The minimum atomic E-state index is -4.30. The Bertz CT molecular complexity index is 1410. The van der Waals surface area contributed by atoms with Crippen molar-refractivity contribution in [3.05, 3.63) is 89.7 Å². The number of benzene rings is 3. The van der Waals surface area contributed by atoms with Gasteiger partial charge >= 0.3 is 0 Å². The number of nitrogens with zero attached hydrogens (tertiary/aromatic N) is 2. The maximum absolute atomic E-state index is 14.0. The largest absolute Gasteiger partial charge is 0.494 e. The lowest BCUT2D eigenvalue weighted by Gasteiger charge is -2.33. The molecule has 0 heterocycles. The minimum absolute atomic E-state index is 0.108. The summed E-state index contributed by atoms with van der Waals surface area (Å²) in [6, 6.07) is 17.4. The molecule has 0 aliphatic heterocycles. The van der Waals surface area contributed by atoms with Crippen LogP contribution in [-0.2, 0) is 26.2 Å². The smallest absolute Gasteiger partial charge is 0.264 e. The lowest BCUT2D eigenvalue weighted by Crippen LogP contribution is -2.53. The monoisotopic (exact) mass is 583 g/mol. The van der Waals surface area contributed by atoms with Crippen LogP contribution in [0.5, 0.6) is 5.75 Å². The number of amides is 2. The van der Waals surface area contributed by atoms with Crippen LogP contribution in [0.1, 0.15) is 45.2 Å². The summed E-state index contributed by atoms with van der Waals surface area (Å²) in [5.74, 6) is -0.925. The van der Waals surface area contributed by atoms with Crippen molar-refractivity contribution in [2.45, 2.75) is 64.6 Å². The number of anilines is 1. The van der Waals surface area contributed by atoms with Crippen LogP contribution in [0.4, 0.5) is 10.1 Å². The lowest BCUT2D eigenvalue weighted by molar-refractivity contribution is -0.140. The standard InChI is InChI=1S/C31H38FN3O5S/c1-6-29(31(37)33-22(3)4)34(20-24-10-8-23(5)9-11-24)30(36)21-35(26-14-16-27(17-15-26)40-7-2)41(38,39)28-18-12-25(32)13-19-28/h8-19,22,29H,6-7,20-21H2,1-5H3,(H,33,37)/t29-/m1/s1. The van der Waals surface area contributed by atoms with Crippen LogP contribution in [0.3, 0.4) is 0 Å². The normalized spacial score (nSPS) is 12.1. The van der Waals surface area contributed by atoms with E-state index in [4.69, 9.17) is 4.74 Å². The molecule has 0 unspecified atom stereocenters. The predicted octanol–water partition coefficient (Wildman–Crippen LogP) is 5.06. The van der Waals surface area contributed by atoms with E-state index in [1.807, 2.05) is 52.0 Å². The molecule has 220 valence electrons. The quantitative estimate of drug-likeness (QED) is 0.304. The molecule has 0 fully saturated rings. The first-order valence-electron chi connectivity index (χ1n) is 13.6. The molecular weight excluding hydrogens is 545 g/mol. The molecule has 0 aliphatic carbocycles. The maximum atomic E-state index is 14.0. The third-order valence-corrected chi connectivity index (χ3v) is 8.19. The van der Waals surface area contributed by atoms with Crippen molar-refractivity contribution in [1.29, 1.82) is 0 Å². The zero-order valence-corrected chi connectivity index (χ0v) is 24.9. The van der Waals surface area contributed by atoms with E-state index in [-0.39, 0.29) is 29.1 Å². The molecule has 1 N–H and O–H groups in total. The molecular formula is C31H38FN3O5S. The average molecular weight is 584 g/mol. The first-order chi connectivity index (χ1) is 19.5. The summed E-state index contributed by atoms with van der Waals surface area (Å²) in [6.45, 7) is 9.22. The van der Waals surface area contributed by atoms with Gasteiger partial charge in [0.1, 0.15) is 24.2 Å². The van der Waals surface area contributed by atoms with E-state index in [1.165, 1.54) is 4.90 Å². The van der Waals surface area contributed by atoms with Gasteiger partial charge in [-0.25, -0.2) is 12.8 Å². The lowest BCUT2D eigenvalue weighted by atomic mass is 10.1. The Labute approximate surface area is 242 Å². The second kappa shape index (κ2) is 14.1. The number of hydrogen-bond acceptors (Lipinski definition) is 5. The number of sulfonamides is 1. The average Bonchev–Trinajstić information content (AvgIpc) is 2.93. The summed E-state index contributed by atoms with van der Waals surface area (Å²) in [4.78, 5) is 28.5. The van der Waals surface area contributed by atoms with Crippen molar-refractivity contribution >= 4 is 27.5 Å². The van der Waals surface area contributed by atoms with Crippen LogP contribution < -0.4 is 14.4 Å². The summed E-state index contributed by atoms with van der Waals surface area (Å²) >= 11 is 0. The zero-order valence-electron chi connectivity index (χ0n) is 24.1. The van der Waals surface area contributed by atoms with Crippen LogP contribution in [-0.4, -0.2) is 50.4 Å². The summed E-state index contributed by atoms with van der Waals surface area (Å²) in [5.41, 5.74) is 2.07. The van der Waals surface area contributed by atoms with Crippen molar-refractivity contribution in [3.8, 4) is 5.75 Å². The third kappa shape index (κ3) is 8.29. The van der Waals surface area contributed by atoms with Crippen molar-refractivity contribution in [2.24, 2.45) is 0 Å².